The molecule has 3 nitrogen and oxygen atoms in total. The molecule has 1 aromatic heterocycles. The largest absolute Gasteiger partial charge is 0.393 e. The van der Waals surface area contributed by atoms with Crippen molar-refractivity contribution in [2.75, 3.05) is 5.75 Å². The molecule has 0 spiro atoms. The number of benzene rings is 1. The second-order valence-corrected chi connectivity index (χ2v) is 5.30. The monoisotopic (exact) mass is 269 g/mol. The maximum absolute atomic E-state index is 13.0. The minimum absolute atomic E-state index is 0.153. The summed E-state index contributed by atoms with van der Waals surface area (Å²) < 4.78 is 13.0. The van der Waals surface area contributed by atoms with Crippen LogP contribution in [0.4, 0.5) is 4.39 Å². The third kappa shape index (κ3) is 2.95. The molecule has 17 heavy (non-hydrogen) atoms. The van der Waals surface area contributed by atoms with E-state index in [0.717, 1.165) is 16.4 Å². The van der Waals surface area contributed by atoms with Crippen LogP contribution in [-0.4, -0.2) is 20.7 Å². The molecule has 0 aliphatic carbocycles. The Bertz CT molecular complexity index is 553. The molecule has 0 aliphatic heterocycles. The molecule has 2 rings (SSSR count). The summed E-state index contributed by atoms with van der Waals surface area (Å²) in [6, 6.07) is 4.49. The van der Waals surface area contributed by atoms with Crippen LogP contribution in [0.15, 0.2) is 23.4 Å². The molecule has 2 aromatic rings. The number of aromatic nitrogens is 2. The van der Waals surface area contributed by atoms with Crippen LogP contribution >= 0.6 is 24.0 Å². The van der Waals surface area contributed by atoms with Crippen molar-refractivity contribution in [3.8, 4) is 0 Å². The Morgan fingerprint density at radius 2 is 2.41 bits per heavy atom. The van der Waals surface area contributed by atoms with Gasteiger partial charge in [0.25, 0.3) is 0 Å². The first kappa shape index (κ1) is 12.3. The number of aromatic amines is 1. The highest BCUT2D eigenvalue weighted by atomic mass is 32.2. The van der Waals surface area contributed by atoms with Crippen molar-refractivity contribution >= 4 is 40.0 Å². The van der Waals surface area contributed by atoms with E-state index in [2.05, 4.69) is 9.97 Å². The van der Waals surface area contributed by atoms with Crippen LogP contribution in [0.5, 0.6) is 0 Å². The molecule has 6 heteroatoms. The summed E-state index contributed by atoms with van der Waals surface area (Å²) in [6.07, 6.45) is 0. The number of hydrogen-bond donors (Lipinski definition) is 2. The Morgan fingerprint density at radius 1 is 1.65 bits per heavy atom. The van der Waals surface area contributed by atoms with Crippen molar-refractivity contribution in [3.05, 3.63) is 24.0 Å². The first-order valence-electron chi connectivity index (χ1n) is 5.13. The Labute approximate surface area is 108 Å². The molecule has 1 atom stereocenters. The number of H-pyrrole nitrogens is 1. The molecule has 0 bridgehead atoms. The summed E-state index contributed by atoms with van der Waals surface area (Å²) in [7, 11) is 0. The van der Waals surface area contributed by atoms with Crippen molar-refractivity contribution in [1.29, 1.82) is 0 Å². The predicted octanol–water partition coefficient (Wildman–Crippen LogP) is 2.72. The van der Waals surface area contributed by atoms with Gasteiger partial charge in [-0.05, 0) is 18.2 Å². The number of nitrogens with zero attached hydrogens (tertiary/aromatic N) is 1. The van der Waals surface area contributed by atoms with E-state index < -0.39 is 0 Å². The number of hydrogen-bond acceptors (Lipinski definition) is 3. The molecule has 1 unspecified atom stereocenters. The van der Waals surface area contributed by atoms with E-state index in [4.69, 9.17) is 18.0 Å². The average molecular weight is 269 g/mol. The molecule has 0 fully saturated rings. The van der Waals surface area contributed by atoms with E-state index in [1.165, 1.54) is 23.9 Å². The normalized spacial score (nSPS) is 12.8. The van der Waals surface area contributed by atoms with Gasteiger partial charge in [0.05, 0.1) is 16.0 Å². The fraction of sp³-hybridized carbons (Fsp3) is 0.273. The second kappa shape index (κ2) is 5.01. The Morgan fingerprint density at radius 3 is 3.12 bits per heavy atom. The average Bonchev–Trinajstić information content (AvgIpc) is 2.67. The highest BCUT2D eigenvalue weighted by Crippen LogP contribution is 2.22. The van der Waals surface area contributed by atoms with Crippen LogP contribution in [0.25, 0.3) is 11.0 Å². The minimum atomic E-state index is -0.269. The summed E-state index contributed by atoms with van der Waals surface area (Å²) in [6.45, 7) is 1.97. The zero-order chi connectivity index (χ0) is 12.4. The van der Waals surface area contributed by atoms with Crippen LogP contribution in [0.2, 0.25) is 0 Å². The highest BCUT2D eigenvalue weighted by Gasteiger charge is 2.09. The maximum Gasteiger partial charge on any atom is 0.166 e. The molecule has 0 saturated heterocycles. The van der Waals surface area contributed by atoms with Crippen LogP contribution in [0.1, 0.15) is 6.92 Å². The number of nitrogens with two attached hydrogens (primary N) is 1. The Balaban J connectivity index is 2.12. The fourth-order valence-electron chi connectivity index (χ4n) is 1.31. The van der Waals surface area contributed by atoms with Crippen molar-refractivity contribution < 1.29 is 4.39 Å². The van der Waals surface area contributed by atoms with E-state index in [1.54, 1.807) is 6.07 Å². The van der Waals surface area contributed by atoms with Crippen molar-refractivity contribution in [1.82, 2.24) is 9.97 Å². The molecular weight excluding hydrogens is 257 g/mol. The fourth-order valence-corrected chi connectivity index (χ4v) is 2.43. The molecule has 3 N–H and O–H groups in total. The topological polar surface area (TPSA) is 54.7 Å². The number of thiocarbonyl (C=S) groups is 1. The lowest BCUT2D eigenvalue weighted by molar-refractivity contribution is 0.629. The van der Waals surface area contributed by atoms with Gasteiger partial charge in [0.1, 0.15) is 5.82 Å². The van der Waals surface area contributed by atoms with Crippen molar-refractivity contribution in [3.63, 3.8) is 0 Å². The van der Waals surface area contributed by atoms with E-state index >= 15 is 0 Å². The van der Waals surface area contributed by atoms with E-state index in [-0.39, 0.29) is 11.7 Å². The van der Waals surface area contributed by atoms with Gasteiger partial charge in [0.15, 0.2) is 5.16 Å². The van der Waals surface area contributed by atoms with E-state index in [0.29, 0.717) is 10.5 Å². The number of nitrogens with one attached hydrogen (secondary N) is 1. The summed E-state index contributed by atoms with van der Waals surface area (Å²) in [5, 5.41) is 0.758. The van der Waals surface area contributed by atoms with Gasteiger partial charge in [-0.15, -0.1) is 0 Å². The third-order valence-corrected chi connectivity index (χ3v) is 3.91. The lowest BCUT2D eigenvalue weighted by atomic mass is 10.2. The molecule has 1 aromatic carbocycles. The zero-order valence-corrected chi connectivity index (χ0v) is 10.9. The predicted molar refractivity (Wildman–Crippen MR) is 72.7 cm³/mol. The molecular formula is C11H12FN3S2. The summed E-state index contributed by atoms with van der Waals surface area (Å²) in [5.74, 6) is 0.645. The maximum atomic E-state index is 13.0. The lowest BCUT2D eigenvalue weighted by Crippen LogP contribution is -2.20. The van der Waals surface area contributed by atoms with E-state index in [1.807, 2.05) is 6.92 Å². The first-order chi connectivity index (χ1) is 8.06. The standard InChI is InChI=1S/C11H12FN3S2/c1-6(10(13)16)5-17-11-14-8-3-2-7(12)4-9(8)15-11/h2-4,6H,5H2,1H3,(H2,13,16)(H,14,15). The minimum Gasteiger partial charge on any atom is -0.393 e. The quantitative estimate of drug-likeness (QED) is 0.662. The van der Waals surface area contributed by atoms with Gasteiger partial charge in [-0.25, -0.2) is 9.37 Å². The number of fused-ring (bicyclic) bond motifs is 1. The van der Waals surface area contributed by atoms with Crippen LogP contribution < -0.4 is 5.73 Å². The number of thioether (sulfide) groups is 1. The summed E-state index contributed by atoms with van der Waals surface area (Å²) in [5.41, 5.74) is 7.00. The van der Waals surface area contributed by atoms with Gasteiger partial charge in [0, 0.05) is 11.7 Å². The smallest absolute Gasteiger partial charge is 0.166 e. The molecule has 0 radical (unpaired) electrons. The highest BCUT2D eigenvalue weighted by molar-refractivity contribution is 7.99. The van der Waals surface area contributed by atoms with Crippen molar-refractivity contribution in [2.45, 2.75) is 12.1 Å². The number of imidazole rings is 1. The van der Waals surface area contributed by atoms with Crippen molar-refractivity contribution in [2.24, 2.45) is 11.7 Å². The second-order valence-electron chi connectivity index (χ2n) is 3.82. The van der Waals surface area contributed by atoms with Gasteiger partial charge >= 0.3 is 0 Å². The Kier molecular flexibility index (Phi) is 3.63. The zero-order valence-electron chi connectivity index (χ0n) is 9.24. The van der Waals surface area contributed by atoms with Crippen LogP contribution in [0, 0.1) is 11.7 Å². The third-order valence-electron chi connectivity index (χ3n) is 2.38. The molecule has 0 amide bonds. The molecule has 0 aliphatic rings. The molecule has 0 saturated carbocycles. The number of rotatable bonds is 4. The summed E-state index contributed by atoms with van der Waals surface area (Å²) >= 11 is 6.43. The SMILES string of the molecule is CC(CSc1nc2ccc(F)cc2[nH]1)C(N)=S. The molecule has 1 heterocycles. The molecule has 90 valence electrons. The first-order valence-corrected chi connectivity index (χ1v) is 6.53. The van der Waals surface area contributed by atoms with Crippen LogP contribution in [-0.2, 0) is 0 Å². The van der Waals surface area contributed by atoms with Gasteiger partial charge in [-0.3, -0.25) is 0 Å². The lowest BCUT2D eigenvalue weighted by Gasteiger charge is -2.06. The number of halogens is 1. The van der Waals surface area contributed by atoms with Gasteiger partial charge in [0.2, 0.25) is 0 Å². The van der Waals surface area contributed by atoms with Gasteiger partial charge < -0.3 is 10.7 Å². The summed E-state index contributed by atoms with van der Waals surface area (Å²) in [4.78, 5) is 7.90. The van der Waals surface area contributed by atoms with E-state index in [9.17, 15) is 4.39 Å². The van der Waals surface area contributed by atoms with Gasteiger partial charge in [-0.1, -0.05) is 30.9 Å². The van der Waals surface area contributed by atoms with Crippen LogP contribution in [0.3, 0.4) is 0 Å². The van der Waals surface area contributed by atoms with Gasteiger partial charge in [-0.2, -0.15) is 0 Å². The Hall–Kier alpha value is -1.14.